The number of nitrogens with two attached hydrogens (primary N) is 1. The van der Waals surface area contributed by atoms with Gasteiger partial charge >= 0.3 is 6.03 Å². The normalized spacial score (nSPS) is 34.8. The highest BCUT2D eigenvalue weighted by molar-refractivity contribution is 6.12. The fourth-order valence-electron chi connectivity index (χ4n) is 2.48. The zero-order valence-electron chi connectivity index (χ0n) is 10.9. The number of carbonyl (C=O) groups excluding carboxylic acids is 1. The number of amides is 2. The molecule has 21 heavy (non-hydrogen) atoms. The van der Waals surface area contributed by atoms with E-state index < -0.39 is 37.2 Å². The summed E-state index contributed by atoms with van der Waals surface area (Å²) in [4.78, 5) is 22.1. The number of rotatable bonds is 2. The van der Waals surface area contributed by atoms with Crippen molar-refractivity contribution < 1.29 is 24.9 Å². The maximum atomic E-state index is 11.5. The summed E-state index contributed by atoms with van der Waals surface area (Å²) >= 11 is 0. The minimum Gasteiger partial charge on any atom is -0.394 e. The molecule has 0 aromatic carbocycles. The zero-order valence-corrected chi connectivity index (χ0v) is 10.9. The lowest BCUT2D eigenvalue weighted by Gasteiger charge is -2.37. The van der Waals surface area contributed by atoms with E-state index in [0.717, 1.165) is 0 Å². The van der Waals surface area contributed by atoms with Crippen LogP contribution in [0.2, 0.25) is 0 Å². The van der Waals surface area contributed by atoms with Crippen molar-refractivity contribution in [2.75, 3.05) is 13.3 Å². The van der Waals surface area contributed by atoms with Crippen LogP contribution in [-0.2, 0) is 4.74 Å². The lowest BCUT2D eigenvalue weighted by Crippen LogP contribution is -2.54. The maximum absolute atomic E-state index is 11.5. The minimum atomic E-state index is -1.24. The number of urea groups is 1. The van der Waals surface area contributed by atoms with E-state index in [9.17, 15) is 15.0 Å². The molecule has 114 valence electrons. The molecule has 0 aromatic heterocycles. The molecule has 1 saturated heterocycles. The molecule has 0 radical (unpaired) electrons. The van der Waals surface area contributed by atoms with Crippen molar-refractivity contribution in [3.8, 4) is 0 Å². The first-order valence-corrected chi connectivity index (χ1v) is 6.30. The molecule has 3 heterocycles. The van der Waals surface area contributed by atoms with Gasteiger partial charge in [-0.2, -0.15) is 0 Å². The van der Waals surface area contributed by atoms with Crippen molar-refractivity contribution in [1.29, 1.82) is 0 Å². The molecule has 0 saturated carbocycles. The first kappa shape index (κ1) is 13.9. The molecule has 0 unspecified atom stereocenters. The number of nitrogens with zero attached hydrogens (tertiary/aromatic N) is 4. The molecule has 4 atom stereocenters. The van der Waals surface area contributed by atoms with E-state index in [1.165, 1.54) is 16.1 Å². The molecular weight excluding hydrogens is 282 g/mol. The van der Waals surface area contributed by atoms with Crippen LogP contribution >= 0.6 is 0 Å². The van der Waals surface area contributed by atoms with E-state index in [1.807, 2.05) is 0 Å². The number of hydrogen-bond donors (Lipinski definition) is 4. The molecule has 3 aliphatic rings. The number of aliphatic hydroxyl groups excluding tert-OH is 3. The number of aliphatic imine (C=N–C) groups is 2. The maximum Gasteiger partial charge on any atom is 0.322 e. The smallest absolute Gasteiger partial charge is 0.322 e. The van der Waals surface area contributed by atoms with E-state index in [0.29, 0.717) is 11.5 Å². The summed E-state index contributed by atoms with van der Waals surface area (Å²) < 4.78 is 5.41. The zero-order chi connectivity index (χ0) is 15.1. The van der Waals surface area contributed by atoms with Gasteiger partial charge in [-0.05, 0) is 0 Å². The Morgan fingerprint density at radius 2 is 2.24 bits per heavy atom. The van der Waals surface area contributed by atoms with Gasteiger partial charge in [-0.3, -0.25) is 4.90 Å². The number of primary amides is 1. The van der Waals surface area contributed by atoms with Crippen LogP contribution in [0.3, 0.4) is 0 Å². The van der Waals surface area contributed by atoms with E-state index in [1.54, 1.807) is 6.20 Å². The molecule has 5 N–H and O–H groups in total. The Kier molecular flexibility index (Phi) is 3.37. The SMILES string of the molecule is NC(=O)N1CN([C@@H]2O[C@H](CO)[C@@H](O)[C@H]2O)C=C2N=CN=C21. The van der Waals surface area contributed by atoms with Gasteiger partial charge in [-0.25, -0.2) is 14.8 Å². The Bertz CT molecular complexity index is 547. The second-order valence-electron chi connectivity index (χ2n) is 4.86. The summed E-state index contributed by atoms with van der Waals surface area (Å²) in [5.74, 6) is 0.325. The van der Waals surface area contributed by atoms with Crippen LogP contribution < -0.4 is 5.73 Å². The average molecular weight is 297 g/mol. The minimum absolute atomic E-state index is 0.00633. The van der Waals surface area contributed by atoms with Gasteiger partial charge in [0, 0.05) is 6.20 Å². The molecule has 10 heteroatoms. The second kappa shape index (κ2) is 5.07. The van der Waals surface area contributed by atoms with Crippen LogP contribution in [0.5, 0.6) is 0 Å². The van der Waals surface area contributed by atoms with E-state index >= 15 is 0 Å². The largest absolute Gasteiger partial charge is 0.394 e. The molecule has 1 fully saturated rings. The highest BCUT2D eigenvalue weighted by Gasteiger charge is 2.46. The van der Waals surface area contributed by atoms with Crippen LogP contribution in [0.4, 0.5) is 4.79 Å². The quantitative estimate of drug-likeness (QED) is 0.438. The summed E-state index contributed by atoms with van der Waals surface area (Å²) in [6, 6.07) is -0.721. The van der Waals surface area contributed by atoms with Crippen LogP contribution in [0.15, 0.2) is 21.9 Å². The molecule has 10 nitrogen and oxygen atoms in total. The van der Waals surface area contributed by atoms with Gasteiger partial charge in [0.15, 0.2) is 12.1 Å². The van der Waals surface area contributed by atoms with Crippen LogP contribution in [0, 0.1) is 0 Å². The topological polar surface area (TPSA) is 144 Å². The highest BCUT2D eigenvalue weighted by Crippen LogP contribution is 2.28. The fraction of sp³-hybridized carbons (Fsp3) is 0.545. The third kappa shape index (κ3) is 2.17. The van der Waals surface area contributed by atoms with Gasteiger partial charge < -0.3 is 30.7 Å². The molecular formula is C11H15N5O5. The average Bonchev–Trinajstić information content (AvgIpc) is 3.03. The Balaban J connectivity index is 1.86. The van der Waals surface area contributed by atoms with Crippen molar-refractivity contribution >= 4 is 18.2 Å². The molecule has 0 bridgehead atoms. The molecule has 0 aliphatic carbocycles. The highest BCUT2D eigenvalue weighted by atomic mass is 16.6. The Hall–Kier alpha value is -2.01. The molecule has 0 aromatic rings. The summed E-state index contributed by atoms with van der Waals surface area (Å²) in [7, 11) is 0. The lowest BCUT2D eigenvalue weighted by molar-refractivity contribution is -0.0871. The number of ether oxygens (including phenoxy) is 1. The van der Waals surface area contributed by atoms with Gasteiger partial charge in [0.1, 0.15) is 37.0 Å². The number of aliphatic hydroxyl groups is 3. The number of hydrogen-bond acceptors (Lipinski definition) is 8. The van der Waals surface area contributed by atoms with Crippen molar-refractivity contribution in [3.05, 3.63) is 11.9 Å². The fourth-order valence-corrected chi connectivity index (χ4v) is 2.48. The van der Waals surface area contributed by atoms with E-state index in [2.05, 4.69) is 9.98 Å². The number of fused-ring (bicyclic) bond motifs is 1. The second-order valence-corrected chi connectivity index (χ2v) is 4.86. The summed E-state index contributed by atoms with van der Waals surface area (Å²) in [6.45, 7) is -0.433. The molecule has 3 rings (SSSR count). The first-order chi connectivity index (χ1) is 10.0. The first-order valence-electron chi connectivity index (χ1n) is 6.30. The van der Waals surface area contributed by atoms with Gasteiger partial charge in [0.05, 0.1) is 6.61 Å². The van der Waals surface area contributed by atoms with Crippen molar-refractivity contribution in [3.63, 3.8) is 0 Å². The molecule has 2 amide bonds. The third-order valence-corrected chi connectivity index (χ3v) is 3.56. The van der Waals surface area contributed by atoms with Crippen molar-refractivity contribution in [2.24, 2.45) is 15.7 Å². The molecule has 3 aliphatic heterocycles. The number of amidine groups is 1. The summed E-state index contributed by atoms with van der Waals surface area (Å²) in [5, 5.41) is 28.9. The van der Waals surface area contributed by atoms with E-state index in [-0.39, 0.29) is 6.67 Å². The predicted octanol–water partition coefficient (Wildman–Crippen LogP) is -2.64. The van der Waals surface area contributed by atoms with Gasteiger partial charge in [0.2, 0.25) is 0 Å². The third-order valence-electron chi connectivity index (χ3n) is 3.56. The van der Waals surface area contributed by atoms with E-state index in [4.69, 9.17) is 15.6 Å². The summed E-state index contributed by atoms with van der Waals surface area (Å²) in [6.07, 6.45) is -1.43. The Morgan fingerprint density at radius 3 is 2.86 bits per heavy atom. The van der Waals surface area contributed by atoms with Crippen LogP contribution in [-0.4, -0.2) is 81.1 Å². The van der Waals surface area contributed by atoms with Crippen molar-refractivity contribution in [2.45, 2.75) is 24.5 Å². The monoisotopic (exact) mass is 297 g/mol. The lowest BCUT2D eigenvalue weighted by atomic mass is 10.1. The Labute approximate surface area is 119 Å². The molecule has 0 spiro atoms. The van der Waals surface area contributed by atoms with Gasteiger partial charge in [0.25, 0.3) is 0 Å². The van der Waals surface area contributed by atoms with Crippen molar-refractivity contribution in [1.82, 2.24) is 9.80 Å². The Morgan fingerprint density at radius 1 is 1.48 bits per heavy atom. The van der Waals surface area contributed by atoms with Crippen LogP contribution in [0.25, 0.3) is 0 Å². The van der Waals surface area contributed by atoms with Gasteiger partial charge in [-0.15, -0.1) is 0 Å². The van der Waals surface area contributed by atoms with Crippen LogP contribution in [0.1, 0.15) is 0 Å². The standard InChI is InChI=1S/C11H15N5O5/c12-11(20)16-4-15(1-5-9(16)14-3-13-5)10-8(19)7(18)6(2-17)21-10/h1,3,6-8,10,17-19H,2,4H2,(H2,12,20)/t6-,7-,8-,10-/m1/s1. The predicted molar refractivity (Wildman–Crippen MR) is 69.9 cm³/mol. The van der Waals surface area contributed by atoms with Gasteiger partial charge in [-0.1, -0.05) is 0 Å². The summed E-state index contributed by atoms with van der Waals surface area (Å²) in [5.41, 5.74) is 5.70. The number of carbonyl (C=O) groups is 1.